The van der Waals surface area contributed by atoms with Crippen molar-refractivity contribution >= 4 is 23.2 Å². The van der Waals surface area contributed by atoms with Gasteiger partial charge in [0.25, 0.3) is 11.8 Å². The number of ether oxygens (including phenoxy) is 1. The Kier molecular flexibility index (Phi) is 4.54. The van der Waals surface area contributed by atoms with E-state index in [2.05, 4.69) is 10.3 Å². The molecule has 2 rings (SSSR count). The number of nitrogens with one attached hydrogen (secondary N) is 1. The highest BCUT2D eigenvalue weighted by Gasteiger charge is 2.18. The Morgan fingerprint density at radius 2 is 2.10 bits per heavy atom. The van der Waals surface area contributed by atoms with Crippen LogP contribution in [0.2, 0.25) is 0 Å². The number of aromatic nitrogens is 1. The van der Waals surface area contributed by atoms with Crippen LogP contribution >= 0.6 is 11.3 Å². The van der Waals surface area contributed by atoms with Gasteiger partial charge in [-0.2, -0.15) is 0 Å². The lowest BCUT2D eigenvalue weighted by Gasteiger charge is -2.11. The van der Waals surface area contributed by atoms with Crippen molar-refractivity contribution in [3.8, 4) is 5.75 Å². The van der Waals surface area contributed by atoms with E-state index in [1.165, 1.54) is 24.5 Å². The number of aryl methyl sites for hydroxylation is 1. The van der Waals surface area contributed by atoms with Crippen LogP contribution in [-0.2, 0) is 6.54 Å². The Morgan fingerprint density at radius 1 is 1.38 bits per heavy atom. The van der Waals surface area contributed by atoms with Gasteiger partial charge in [0.15, 0.2) is 0 Å². The Labute approximate surface area is 125 Å². The van der Waals surface area contributed by atoms with E-state index in [0.29, 0.717) is 6.54 Å². The van der Waals surface area contributed by atoms with Crippen LogP contribution in [0.25, 0.3) is 0 Å². The number of hydrogen-bond acceptors (Lipinski definition) is 5. The zero-order chi connectivity index (χ0) is 15.4. The number of nitrogens with two attached hydrogens (primary N) is 1. The molecule has 110 valence electrons. The van der Waals surface area contributed by atoms with Crippen LogP contribution in [0.3, 0.4) is 0 Å². The third kappa shape index (κ3) is 3.38. The maximum Gasteiger partial charge on any atom is 0.255 e. The van der Waals surface area contributed by atoms with Crippen molar-refractivity contribution in [1.82, 2.24) is 10.3 Å². The van der Waals surface area contributed by atoms with Crippen LogP contribution in [0.15, 0.2) is 23.6 Å². The monoisotopic (exact) mass is 305 g/mol. The van der Waals surface area contributed by atoms with Crippen molar-refractivity contribution in [2.75, 3.05) is 7.11 Å². The molecule has 0 saturated heterocycles. The van der Waals surface area contributed by atoms with E-state index < -0.39 is 5.91 Å². The number of hydrogen-bond donors (Lipinski definition) is 2. The molecule has 0 aliphatic carbocycles. The molecule has 0 spiro atoms. The zero-order valence-electron chi connectivity index (χ0n) is 11.7. The molecule has 0 atom stereocenters. The lowest BCUT2D eigenvalue weighted by Crippen LogP contribution is -2.24. The number of benzene rings is 1. The van der Waals surface area contributed by atoms with Crippen molar-refractivity contribution in [3.05, 3.63) is 45.4 Å². The van der Waals surface area contributed by atoms with Gasteiger partial charge < -0.3 is 15.8 Å². The molecular weight excluding hydrogens is 290 g/mol. The average Bonchev–Trinajstić information content (AvgIpc) is 2.89. The van der Waals surface area contributed by atoms with Gasteiger partial charge in [-0.05, 0) is 19.1 Å². The second kappa shape index (κ2) is 6.36. The molecule has 0 bridgehead atoms. The zero-order valence-corrected chi connectivity index (χ0v) is 12.5. The fourth-order valence-electron chi connectivity index (χ4n) is 1.86. The van der Waals surface area contributed by atoms with Gasteiger partial charge in [-0.3, -0.25) is 9.59 Å². The number of amides is 2. The van der Waals surface area contributed by atoms with Gasteiger partial charge in [-0.1, -0.05) is 6.07 Å². The van der Waals surface area contributed by atoms with E-state index >= 15 is 0 Å². The van der Waals surface area contributed by atoms with Crippen molar-refractivity contribution in [3.63, 3.8) is 0 Å². The first-order valence-corrected chi connectivity index (χ1v) is 7.07. The minimum atomic E-state index is -0.642. The highest BCUT2D eigenvalue weighted by atomic mass is 32.1. The largest absolute Gasteiger partial charge is 0.495 e. The third-order valence-corrected chi connectivity index (χ3v) is 3.76. The second-order valence-electron chi connectivity index (χ2n) is 4.32. The van der Waals surface area contributed by atoms with E-state index in [1.54, 1.807) is 12.1 Å². The maximum atomic E-state index is 12.2. The molecule has 2 aromatic rings. The van der Waals surface area contributed by atoms with Gasteiger partial charge in [0.1, 0.15) is 10.8 Å². The van der Waals surface area contributed by atoms with Crippen molar-refractivity contribution in [2.24, 2.45) is 5.73 Å². The van der Waals surface area contributed by atoms with Crippen LogP contribution in [0.4, 0.5) is 0 Å². The summed E-state index contributed by atoms with van der Waals surface area (Å²) >= 11 is 1.47. The third-order valence-electron chi connectivity index (χ3n) is 2.80. The number of methoxy groups -OCH3 is 1. The maximum absolute atomic E-state index is 12.2. The summed E-state index contributed by atoms with van der Waals surface area (Å²) in [6, 6.07) is 4.68. The highest BCUT2D eigenvalue weighted by molar-refractivity contribution is 7.09. The highest BCUT2D eigenvalue weighted by Crippen LogP contribution is 2.23. The summed E-state index contributed by atoms with van der Waals surface area (Å²) in [5.41, 5.74) is 6.62. The van der Waals surface area contributed by atoms with Gasteiger partial charge in [-0.25, -0.2) is 4.98 Å². The number of carbonyl (C=O) groups excluding carboxylic acids is 2. The predicted octanol–water partition coefficient (Wildman–Crippen LogP) is 1.49. The molecule has 0 unspecified atom stereocenters. The normalized spacial score (nSPS) is 10.2. The molecular formula is C14H15N3O3S. The molecule has 7 heteroatoms. The van der Waals surface area contributed by atoms with Gasteiger partial charge in [0, 0.05) is 11.1 Å². The Balaban J connectivity index is 2.19. The van der Waals surface area contributed by atoms with Crippen LogP contribution in [0.5, 0.6) is 5.75 Å². The lowest BCUT2D eigenvalue weighted by molar-refractivity contribution is 0.0947. The van der Waals surface area contributed by atoms with E-state index in [0.717, 1.165) is 10.7 Å². The van der Waals surface area contributed by atoms with Crippen molar-refractivity contribution in [2.45, 2.75) is 13.5 Å². The average molecular weight is 305 g/mol. The molecule has 0 radical (unpaired) electrons. The van der Waals surface area contributed by atoms with Gasteiger partial charge in [0.05, 0.1) is 24.8 Å². The first-order chi connectivity index (χ1) is 10.0. The predicted molar refractivity (Wildman–Crippen MR) is 79.5 cm³/mol. The number of thiazole rings is 1. The molecule has 6 nitrogen and oxygen atoms in total. The lowest BCUT2D eigenvalue weighted by atomic mass is 10.1. The first kappa shape index (κ1) is 15.0. The quantitative estimate of drug-likeness (QED) is 0.875. The summed E-state index contributed by atoms with van der Waals surface area (Å²) < 4.78 is 5.14. The molecule has 0 aliphatic rings. The molecule has 0 aliphatic heterocycles. The molecule has 0 fully saturated rings. The standard InChI is InChI=1S/C14H15N3O3S/c1-8-7-21-11(17-8)6-16-14(19)10-5-3-4-9(13(15)18)12(10)20-2/h3-5,7H,6H2,1-2H3,(H2,15,18)(H,16,19). The summed E-state index contributed by atoms with van der Waals surface area (Å²) in [5.74, 6) is -0.808. The van der Waals surface area contributed by atoms with E-state index in [9.17, 15) is 9.59 Å². The second-order valence-corrected chi connectivity index (χ2v) is 5.26. The molecule has 1 aromatic carbocycles. The fourth-order valence-corrected chi connectivity index (χ4v) is 2.58. The SMILES string of the molecule is COc1c(C(N)=O)cccc1C(=O)NCc1nc(C)cs1. The van der Waals surface area contributed by atoms with Gasteiger partial charge in [-0.15, -0.1) is 11.3 Å². The molecule has 21 heavy (non-hydrogen) atoms. The number of para-hydroxylation sites is 1. The summed E-state index contributed by atoms with van der Waals surface area (Å²) in [6.07, 6.45) is 0. The minimum absolute atomic E-state index is 0.176. The van der Waals surface area contributed by atoms with E-state index in [4.69, 9.17) is 10.5 Å². The number of rotatable bonds is 5. The first-order valence-electron chi connectivity index (χ1n) is 6.19. The Morgan fingerprint density at radius 3 is 2.67 bits per heavy atom. The van der Waals surface area contributed by atoms with Crippen LogP contribution in [0.1, 0.15) is 31.4 Å². The van der Waals surface area contributed by atoms with E-state index in [1.807, 2.05) is 12.3 Å². The van der Waals surface area contributed by atoms with Crippen molar-refractivity contribution in [1.29, 1.82) is 0 Å². The molecule has 0 saturated carbocycles. The topological polar surface area (TPSA) is 94.3 Å². The molecule has 2 amide bonds. The number of nitrogens with zero attached hydrogens (tertiary/aromatic N) is 1. The molecule has 3 N–H and O–H groups in total. The minimum Gasteiger partial charge on any atom is -0.495 e. The summed E-state index contributed by atoms with van der Waals surface area (Å²) in [6.45, 7) is 2.21. The van der Waals surface area contributed by atoms with Crippen LogP contribution in [-0.4, -0.2) is 23.9 Å². The van der Waals surface area contributed by atoms with Crippen molar-refractivity contribution < 1.29 is 14.3 Å². The van der Waals surface area contributed by atoms with E-state index in [-0.39, 0.29) is 22.8 Å². The fraction of sp³-hybridized carbons (Fsp3) is 0.214. The van der Waals surface area contributed by atoms with Gasteiger partial charge >= 0.3 is 0 Å². The molecule has 1 heterocycles. The summed E-state index contributed by atoms with van der Waals surface area (Å²) in [4.78, 5) is 27.8. The summed E-state index contributed by atoms with van der Waals surface area (Å²) in [5, 5.41) is 5.47. The number of primary amides is 1. The molecule has 1 aromatic heterocycles. The number of carbonyl (C=O) groups is 2. The Hall–Kier alpha value is -2.41. The van der Waals surface area contributed by atoms with Gasteiger partial charge in [0.2, 0.25) is 0 Å². The summed E-state index contributed by atoms with van der Waals surface area (Å²) in [7, 11) is 1.39. The van der Waals surface area contributed by atoms with Crippen LogP contribution < -0.4 is 15.8 Å². The smallest absolute Gasteiger partial charge is 0.255 e. The Bertz CT molecular complexity index is 682. The van der Waals surface area contributed by atoms with Crippen LogP contribution in [0, 0.1) is 6.92 Å².